The molecule has 0 atom stereocenters. The third kappa shape index (κ3) is 3.19. The molecule has 2 rings (SSSR count). The van der Waals surface area contributed by atoms with Gasteiger partial charge in [0.1, 0.15) is 12.4 Å². The van der Waals surface area contributed by atoms with Gasteiger partial charge in [-0.15, -0.1) is 0 Å². The number of amides is 1. The fraction of sp³-hybridized carbons (Fsp3) is 0.154. The maximum Gasteiger partial charge on any atom is 0.316 e. The number of benzene rings is 1. The van der Waals surface area contributed by atoms with Gasteiger partial charge >= 0.3 is 11.1 Å². The van der Waals surface area contributed by atoms with Gasteiger partial charge in [-0.05, 0) is 6.07 Å². The minimum absolute atomic E-state index is 0.0173. The molecule has 1 heterocycles. The highest BCUT2D eigenvalue weighted by Gasteiger charge is 2.07. The summed E-state index contributed by atoms with van der Waals surface area (Å²) in [5, 5.41) is 2.48. The number of aromatic amines is 1. The Morgan fingerprint density at radius 3 is 2.80 bits per heavy atom. The Morgan fingerprint density at radius 1 is 1.30 bits per heavy atom. The molecular weight excluding hydrogens is 265 g/mol. The van der Waals surface area contributed by atoms with Crippen LogP contribution < -0.4 is 16.4 Å². The van der Waals surface area contributed by atoms with Crippen LogP contribution in [0.15, 0.2) is 46.2 Å². The largest absolute Gasteiger partial charge is 0.350 e. The van der Waals surface area contributed by atoms with Crippen LogP contribution in [0, 0.1) is 5.82 Å². The van der Waals surface area contributed by atoms with Crippen LogP contribution in [0.25, 0.3) is 0 Å². The van der Waals surface area contributed by atoms with E-state index in [1.54, 1.807) is 18.2 Å². The van der Waals surface area contributed by atoms with Crippen molar-refractivity contribution < 1.29 is 9.18 Å². The number of aromatic nitrogens is 2. The molecule has 0 spiro atoms. The summed E-state index contributed by atoms with van der Waals surface area (Å²) in [5.74, 6) is -0.901. The van der Waals surface area contributed by atoms with E-state index in [0.717, 1.165) is 4.57 Å². The minimum Gasteiger partial charge on any atom is -0.350 e. The lowest BCUT2D eigenvalue weighted by Crippen LogP contribution is -2.39. The lowest BCUT2D eigenvalue weighted by molar-refractivity contribution is -0.121. The van der Waals surface area contributed by atoms with Crippen molar-refractivity contribution in [2.24, 2.45) is 0 Å². The highest BCUT2D eigenvalue weighted by Crippen LogP contribution is 2.05. The van der Waals surface area contributed by atoms with Gasteiger partial charge in [0.05, 0.1) is 0 Å². The van der Waals surface area contributed by atoms with Crippen molar-refractivity contribution in [3.63, 3.8) is 0 Å². The van der Waals surface area contributed by atoms with Gasteiger partial charge in [0.2, 0.25) is 5.91 Å². The molecule has 1 aromatic carbocycles. The van der Waals surface area contributed by atoms with Crippen molar-refractivity contribution in [2.45, 2.75) is 13.1 Å². The van der Waals surface area contributed by atoms with Crippen LogP contribution in [0.1, 0.15) is 5.56 Å². The third-order valence-electron chi connectivity index (χ3n) is 2.67. The first-order chi connectivity index (χ1) is 9.58. The predicted octanol–water partition coefficient (Wildman–Crippen LogP) is -0.00790. The molecule has 6 nitrogen and oxygen atoms in total. The van der Waals surface area contributed by atoms with E-state index >= 15 is 0 Å². The van der Waals surface area contributed by atoms with Crippen molar-refractivity contribution in [2.75, 3.05) is 0 Å². The first kappa shape index (κ1) is 13.7. The molecule has 0 aliphatic carbocycles. The summed E-state index contributed by atoms with van der Waals surface area (Å²) in [4.78, 5) is 36.4. The fourth-order valence-electron chi connectivity index (χ4n) is 1.63. The van der Waals surface area contributed by atoms with Crippen LogP contribution in [0.3, 0.4) is 0 Å². The third-order valence-corrected chi connectivity index (χ3v) is 2.67. The Bertz CT molecular complexity index is 736. The lowest BCUT2D eigenvalue weighted by Gasteiger charge is -2.07. The zero-order chi connectivity index (χ0) is 14.5. The zero-order valence-corrected chi connectivity index (χ0v) is 10.4. The van der Waals surface area contributed by atoms with E-state index in [-0.39, 0.29) is 13.1 Å². The monoisotopic (exact) mass is 277 g/mol. The molecule has 2 aromatic rings. The van der Waals surface area contributed by atoms with Gasteiger partial charge in [-0.3, -0.25) is 19.0 Å². The molecule has 0 saturated carbocycles. The molecule has 0 fully saturated rings. The second-order valence-corrected chi connectivity index (χ2v) is 4.09. The van der Waals surface area contributed by atoms with Crippen LogP contribution >= 0.6 is 0 Å². The first-order valence-electron chi connectivity index (χ1n) is 5.86. The molecule has 2 N–H and O–H groups in total. The van der Waals surface area contributed by atoms with E-state index in [4.69, 9.17) is 0 Å². The van der Waals surface area contributed by atoms with Crippen molar-refractivity contribution in [1.29, 1.82) is 0 Å². The zero-order valence-electron chi connectivity index (χ0n) is 10.4. The topological polar surface area (TPSA) is 84.0 Å². The summed E-state index contributed by atoms with van der Waals surface area (Å²) in [5.41, 5.74) is -1.26. The number of carbonyl (C=O) groups excluding carboxylic acids is 1. The summed E-state index contributed by atoms with van der Waals surface area (Å²) >= 11 is 0. The number of nitrogens with zero attached hydrogens (tertiary/aromatic N) is 1. The normalized spacial score (nSPS) is 10.2. The maximum absolute atomic E-state index is 13.3. The number of hydrogen-bond acceptors (Lipinski definition) is 3. The quantitative estimate of drug-likeness (QED) is 0.771. The molecule has 20 heavy (non-hydrogen) atoms. The first-order valence-corrected chi connectivity index (χ1v) is 5.86. The van der Waals surface area contributed by atoms with Gasteiger partial charge in [-0.1, -0.05) is 18.2 Å². The number of rotatable bonds is 4. The van der Waals surface area contributed by atoms with Crippen molar-refractivity contribution in [3.05, 3.63) is 68.7 Å². The number of hydrogen-bond donors (Lipinski definition) is 2. The highest BCUT2D eigenvalue weighted by atomic mass is 19.1. The Balaban J connectivity index is 2.00. The Morgan fingerprint density at radius 2 is 2.05 bits per heavy atom. The molecule has 0 unspecified atom stereocenters. The molecule has 0 bridgehead atoms. The molecule has 0 saturated heterocycles. The van der Waals surface area contributed by atoms with Crippen LogP contribution in [0.4, 0.5) is 4.39 Å². The van der Waals surface area contributed by atoms with E-state index in [2.05, 4.69) is 10.3 Å². The number of halogens is 1. The van der Waals surface area contributed by atoms with Gasteiger partial charge < -0.3 is 10.3 Å². The van der Waals surface area contributed by atoms with Gasteiger partial charge in [-0.2, -0.15) is 0 Å². The molecule has 0 aliphatic heterocycles. The van der Waals surface area contributed by atoms with Crippen LogP contribution in [-0.4, -0.2) is 15.5 Å². The van der Waals surface area contributed by atoms with Gasteiger partial charge in [0.15, 0.2) is 0 Å². The number of carbonyl (C=O) groups is 1. The highest BCUT2D eigenvalue weighted by molar-refractivity contribution is 5.75. The summed E-state index contributed by atoms with van der Waals surface area (Å²) in [6, 6.07) is 6.06. The van der Waals surface area contributed by atoms with E-state index in [1.165, 1.54) is 18.5 Å². The van der Waals surface area contributed by atoms with E-state index in [0.29, 0.717) is 5.56 Å². The second kappa shape index (κ2) is 5.96. The predicted molar refractivity (Wildman–Crippen MR) is 69.6 cm³/mol. The second-order valence-electron chi connectivity index (χ2n) is 4.09. The number of H-pyrrole nitrogens is 1. The summed E-state index contributed by atoms with van der Waals surface area (Å²) < 4.78 is 14.3. The van der Waals surface area contributed by atoms with Gasteiger partial charge in [0.25, 0.3) is 0 Å². The van der Waals surface area contributed by atoms with Crippen molar-refractivity contribution in [1.82, 2.24) is 14.9 Å². The Labute approximate surface area is 112 Å². The van der Waals surface area contributed by atoms with Gasteiger partial charge in [-0.25, -0.2) is 4.39 Å². The molecule has 1 aromatic heterocycles. The Kier molecular flexibility index (Phi) is 4.09. The van der Waals surface area contributed by atoms with Crippen LogP contribution in [-0.2, 0) is 17.9 Å². The minimum atomic E-state index is -0.812. The Hall–Kier alpha value is -2.70. The summed E-state index contributed by atoms with van der Waals surface area (Å²) in [6.45, 7) is -0.277. The number of nitrogens with one attached hydrogen (secondary N) is 2. The molecule has 0 radical (unpaired) electrons. The van der Waals surface area contributed by atoms with E-state index in [9.17, 15) is 18.8 Å². The molecule has 1 amide bonds. The van der Waals surface area contributed by atoms with E-state index in [1.807, 2.05) is 0 Å². The molecular formula is C13H12FN3O3. The van der Waals surface area contributed by atoms with Crippen LogP contribution in [0.5, 0.6) is 0 Å². The fourth-order valence-corrected chi connectivity index (χ4v) is 1.63. The van der Waals surface area contributed by atoms with Gasteiger partial charge in [0, 0.05) is 24.5 Å². The maximum atomic E-state index is 13.3. The average Bonchev–Trinajstić information content (AvgIpc) is 2.43. The lowest BCUT2D eigenvalue weighted by atomic mass is 10.2. The molecule has 7 heteroatoms. The van der Waals surface area contributed by atoms with Crippen molar-refractivity contribution in [3.8, 4) is 0 Å². The average molecular weight is 277 g/mol. The van der Waals surface area contributed by atoms with Crippen LogP contribution in [0.2, 0.25) is 0 Å². The smallest absolute Gasteiger partial charge is 0.316 e. The molecule has 104 valence electrons. The standard InChI is InChI=1S/C13H12FN3O3/c14-10-4-2-1-3-9(10)7-16-11(18)8-17-6-5-15-12(19)13(17)20/h1-6H,7-8H2,(H,15,19)(H,16,18). The summed E-state index contributed by atoms with van der Waals surface area (Å²) in [7, 11) is 0. The SMILES string of the molecule is O=C(Cn1cc[nH]c(=O)c1=O)NCc1ccccc1F. The van der Waals surface area contributed by atoms with E-state index < -0.39 is 22.8 Å². The summed E-state index contributed by atoms with van der Waals surface area (Å²) in [6.07, 6.45) is 2.57. The van der Waals surface area contributed by atoms with Crippen molar-refractivity contribution >= 4 is 5.91 Å². The molecule has 0 aliphatic rings.